The Bertz CT molecular complexity index is 999. The summed E-state index contributed by atoms with van der Waals surface area (Å²) in [5, 5.41) is 0. The van der Waals surface area contributed by atoms with Crippen molar-refractivity contribution in [2.45, 2.75) is 38.8 Å². The van der Waals surface area contributed by atoms with Crippen LogP contribution in [0.2, 0.25) is 0 Å². The molecule has 1 saturated heterocycles. The second-order valence-electron chi connectivity index (χ2n) is 7.44. The first-order valence-electron chi connectivity index (χ1n) is 9.74. The number of carbonyl (C=O) groups excluding carboxylic acids is 2. The van der Waals surface area contributed by atoms with Gasteiger partial charge in [0.05, 0.1) is 28.7 Å². The average Bonchev–Trinajstić information content (AvgIpc) is 3.36. The largest absolute Gasteiger partial charge is 0.375 e. The molecule has 154 valence electrons. The molecule has 1 atom stereocenters. The Morgan fingerprint density at radius 3 is 2.90 bits per heavy atom. The Morgan fingerprint density at radius 2 is 2.17 bits per heavy atom. The lowest BCUT2D eigenvalue weighted by molar-refractivity contribution is -0.136. The summed E-state index contributed by atoms with van der Waals surface area (Å²) in [6, 6.07) is 3.52. The van der Waals surface area contributed by atoms with Crippen LogP contribution in [0.5, 0.6) is 0 Å². The van der Waals surface area contributed by atoms with Crippen molar-refractivity contribution in [1.29, 1.82) is 0 Å². The summed E-state index contributed by atoms with van der Waals surface area (Å²) < 4.78 is 4.97. The topological polar surface area (TPSA) is 95.6 Å². The number of aryl methyl sites for hydroxylation is 1. The average molecular weight is 417 g/mol. The number of amides is 2. The van der Waals surface area contributed by atoms with E-state index in [9.17, 15) is 14.4 Å². The minimum absolute atomic E-state index is 0.0188. The zero-order chi connectivity index (χ0) is 20.5. The summed E-state index contributed by atoms with van der Waals surface area (Å²) in [6.07, 6.45) is 2.16. The summed E-state index contributed by atoms with van der Waals surface area (Å²) in [5.74, 6) is 0.382. The highest BCUT2D eigenvalue weighted by Gasteiger charge is 2.33. The van der Waals surface area contributed by atoms with Gasteiger partial charge in [-0.05, 0) is 31.9 Å². The van der Waals surface area contributed by atoms with E-state index in [-0.39, 0.29) is 36.6 Å². The third-order valence-electron chi connectivity index (χ3n) is 5.48. The molecular weight excluding hydrogens is 392 g/mol. The van der Waals surface area contributed by atoms with Gasteiger partial charge in [-0.2, -0.15) is 0 Å². The SMILES string of the molecule is COCC(=O)N1CCC[C@H]1c1nc2c(c(=O)[nH]1)CN(C(=O)c1ccc(C)s1)CC2. The molecule has 2 aromatic heterocycles. The van der Waals surface area contributed by atoms with Crippen LogP contribution in [0.25, 0.3) is 0 Å². The lowest BCUT2D eigenvalue weighted by Crippen LogP contribution is -2.40. The maximum atomic E-state index is 12.8. The molecule has 2 aliphatic heterocycles. The minimum atomic E-state index is -0.232. The smallest absolute Gasteiger partial charge is 0.264 e. The van der Waals surface area contributed by atoms with Crippen molar-refractivity contribution in [3.8, 4) is 0 Å². The molecule has 0 spiro atoms. The highest BCUT2D eigenvalue weighted by atomic mass is 32.1. The van der Waals surface area contributed by atoms with E-state index in [0.29, 0.717) is 35.8 Å². The fourth-order valence-electron chi connectivity index (χ4n) is 4.04. The third-order valence-corrected chi connectivity index (χ3v) is 6.47. The zero-order valence-electron chi connectivity index (χ0n) is 16.6. The number of rotatable bonds is 4. The molecule has 0 radical (unpaired) electrons. The first-order valence-corrected chi connectivity index (χ1v) is 10.6. The van der Waals surface area contributed by atoms with Crippen LogP contribution in [0.15, 0.2) is 16.9 Å². The molecule has 9 heteroatoms. The van der Waals surface area contributed by atoms with Crippen molar-refractivity contribution < 1.29 is 14.3 Å². The molecule has 0 unspecified atom stereocenters. The highest BCUT2D eigenvalue weighted by Crippen LogP contribution is 2.30. The quantitative estimate of drug-likeness (QED) is 0.818. The van der Waals surface area contributed by atoms with Crippen LogP contribution in [-0.4, -0.2) is 58.4 Å². The fraction of sp³-hybridized carbons (Fsp3) is 0.500. The van der Waals surface area contributed by atoms with Gasteiger partial charge in [0, 0.05) is 31.5 Å². The van der Waals surface area contributed by atoms with E-state index in [2.05, 4.69) is 4.98 Å². The van der Waals surface area contributed by atoms with E-state index in [1.54, 1.807) is 9.80 Å². The van der Waals surface area contributed by atoms with Gasteiger partial charge >= 0.3 is 0 Å². The molecule has 4 heterocycles. The molecule has 29 heavy (non-hydrogen) atoms. The highest BCUT2D eigenvalue weighted by molar-refractivity contribution is 7.13. The van der Waals surface area contributed by atoms with Crippen molar-refractivity contribution in [2.75, 3.05) is 26.8 Å². The number of fused-ring (bicyclic) bond motifs is 1. The van der Waals surface area contributed by atoms with Gasteiger partial charge in [0.25, 0.3) is 11.5 Å². The number of thiophene rings is 1. The summed E-state index contributed by atoms with van der Waals surface area (Å²) in [5.41, 5.74) is 1.03. The Balaban J connectivity index is 1.56. The summed E-state index contributed by atoms with van der Waals surface area (Å²) in [4.78, 5) is 50.6. The molecule has 1 fully saturated rings. The number of aromatic amines is 1. The first-order chi connectivity index (χ1) is 14.0. The van der Waals surface area contributed by atoms with Crippen LogP contribution in [-0.2, 0) is 22.5 Å². The molecule has 0 saturated carbocycles. The third kappa shape index (κ3) is 3.84. The second kappa shape index (κ2) is 8.08. The lowest BCUT2D eigenvalue weighted by atomic mass is 10.1. The molecule has 2 aromatic rings. The van der Waals surface area contributed by atoms with E-state index in [1.165, 1.54) is 18.4 Å². The predicted octanol–water partition coefficient (Wildman–Crippen LogP) is 1.65. The zero-order valence-corrected chi connectivity index (χ0v) is 17.4. The first kappa shape index (κ1) is 19.8. The number of methoxy groups -OCH3 is 1. The van der Waals surface area contributed by atoms with Crippen molar-refractivity contribution in [3.05, 3.63) is 49.3 Å². The summed E-state index contributed by atoms with van der Waals surface area (Å²) in [6.45, 7) is 3.40. The molecule has 0 aromatic carbocycles. The van der Waals surface area contributed by atoms with Crippen LogP contribution in [0.3, 0.4) is 0 Å². The minimum Gasteiger partial charge on any atom is -0.375 e. The number of carbonyl (C=O) groups is 2. The lowest BCUT2D eigenvalue weighted by Gasteiger charge is -2.29. The van der Waals surface area contributed by atoms with Crippen LogP contribution in [0.1, 0.15) is 50.5 Å². The van der Waals surface area contributed by atoms with E-state index in [1.807, 2.05) is 19.1 Å². The Morgan fingerprint density at radius 1 is 1.34 bits per heavy atom. The summed E-state index contributed by atoms with van der Waals surface area (Å²) >= 11 is 1.46. The van der Waals surface area contributed by atoms with E-state index in [4.69, 9.17) is 9.72 Å². The molecule has 2 amide bonds. The van der Waals surface area contributed by atoms with Crippen LogP contribution in [0, 0.1) is 6.92 Å². The molecule has 8 nitrogen and oxygen atoms in total. The van der Waals surface area contributed by atoms with Gasteiger partial charge in [0.15, 0.2) is 0 Å². The summed E-state index contributed by atoms with van der Waals surface area (Å²) in [7, 11) is 1.49. The normalized spacial score (nSPS) is 18.8. The molecule has 0 aliphatic carbocycles. The number of nitrogens with zero attached hydrogens (tertiary/aromatic N) is 3. The molecule has 2 aliphatic rings. The number of ether oxygens (including phenoxy) is 1. The van der Waals surface area contributed by atoms with Gasteiger partial charge in [-0.15, -0.1) is 11.3 Å². The number of aromatic nitrogens is 2. The van der Waals surface area contributed by atoms with E-state index >= 15 is 0 Å². The maximum Gasteiger partial charge on any atom is 0.264 e. The number of hydrogen-bond acceptors (Lipinski definition) is 6. The number of likely N-dealkylation sites (tertiary alicyclic amines) is 1. The van der Waals surface area contributed by atoms with Crippen LogP contribution >= 0.6 is 11.3 Å². The van der Waals surface area contributed by atoms with Crippen LogP contribution in [0.4, 0.5) is 0 Å². The monoisotopic (exact) mass is 416 g/mol. The molecular formula is C20H24N4O4S. The predicted molar refractivity (Wildman–Crippen MR) is 108 cm³/mol. The Kier molecular flexibility index (Phi) is 5.51. The Labute approximate surface area is 172 Å². The van der Waals surface area contributed by atoms with Crippen molar-refractivity contribution in [3.63, 3.8) is 0 Å². The standard InChI is InChI=1S/C20H24N4O4S/c1-12-5-6-16(29-12)20(27)23-9-7-14-13(10-23)19(26)22-18(21-14)15-4-3-8-24(15)17(25)11-28-2/h5-6,15H,3-4,7-11H2,1-2H3,(H,21,22,26)/t15-/m0/s1. The van der Waals surface area contributed by atoms with Gasteiger partial charge < -0.3 is 19.5 Å². The van der Waals surface area contributed by atoms with Gasteiger partial charge in [0.1, 0.15) is 12.4 Å². The van der Waals surface area contributed by atoms with Crippen molar-refractivity contribution in [1.82, 2.24) is 19.8 Å². The fourth-order valence-corrected chi connectivity index (χ4v) is 4.87. The second-order valence-corrected chi connectivity index (χ2v) is 8.73. The number of H-pyrrole nitrogens is 1. The van der Waals surface area contributed by atoms with E-state index in [0.717, 1.165) is 23.4 Å². The molecule has 4 rings (SSSR count). The van der Waals surface area contributed by atoms with E-state index < -0.39 is 0 Å². The van der Waals surface area contributed by atoms with Gasteiger partial charge in [0.2, 0.25) is 5.91 Å². The van der Waals surface area contributed by atoms with Gasteiger partial charge in [-0.3, -0.25) is 14.4 Å². The number of nitrogens with one attached hydrogen (secondary N) is 1. The van der Waals surface area contributed by atoms with Gasteiger partial charge in [-0.25, -0.2) is 4.98 Å². The Hall–Kier alpha value is -2.52. The van der Waals surface area contributed by atoms with Crippen LogP contribution < -0.4 is 5.56 Å². The maximum absolute atomic E-state index is 12.8. The molecule has 1 N–H and O–H groups in total. The van der Waals surface area contributed by atoms with Crippen molar-refractivity contribution >= 4 is 23.2 Å². The van der Waals surface area contributed by atoms with Gasteiger partial charge in [-0.1, -0.05) is 0 Å². The van der Waals surface area contributed by atoms with Crippen molar-refractivity contribution in [2.24, 2.45) is 0 Å². The number of hydrogen-bond donors (Lipinski definition) is 1. The molecule has 0 bridgehead atoms.